The molecule has 0 aliphatic carbocycles. The Morgan fingerprint density at radius 2 is 2.42 bits per heavy atom. The van der Waals surface area contributed by atoms with Crippen molar-refractivity contribution in [2.24, 2.45) is 0 Å². The summed E-state index contributed by atoms with van der Waals surface area (Å²) in [5, 5.41) is 17.5. The van der Waals surface area contributed by atoms with Gasteiger partial charge in [0.2, 0.25) is 0 Å². The fourth-order valence-corrected chi connectivity index (χ4v) is 1.98. The number of ether oxygens (including phenoxy) is 1. The molecule has 1 aliphatic heterocycles. The zero-order valence-electron chi connectivity index (χ0n) is 10.2. The highest BCUT2D eigenvalue weighted by Gasteiger charge is 2.26. The summed E-state index contributed by atoms with van der Waals surface area (Å²) in [4.78, 5) is 12.7. The fourth-order valence-electron chi connectivity index (χ4n) is 1.98. The molecule has 1 aliphatic rings. The smallest absolute Gasteiger partial charge is 0.334 e. The molecule has 1 heterocycles. The zero-order valence-corrected chi connectivity index (χ0v) is 10.2. The Morgan fingerprint density at radius 1 is 1.63 bits per heavy atom. The molecule has 2 rings (SSSR count). The molecule has 19 heavy (non-hydrogen) atoms. The van der Waals surface area contributed by atoms with E-state index in [1.807, 2.05) is 11.0 Å². The van der Waals surface area contributed by atoms with E-state index in [4.69, 9.17) is 15.1 Å². The summed E-state index contributed by atoms with van der Waals surface area (Å²) in [5.74, 6) is -1.46. The lowest BCUT2D eigenvalue weighted by Crippen LogP contribution is -2.45. The number of nitrogens with zero attached hydrogens (tertiary/aromatic N) is 2. The van der Waals surface area contributed by atoms with Gasteiger partial charge in [0.05, 0.1) is 18.2 Å². The quantitative estimate of drug-likeness (QED) is 0.881. The van der Waals surface area contributed by atoms with Crippen LogP contribution in [0.4, 0.5) is 4.39 Å². The van der Waals surface area contributed by atoms with Crippen molar-refractivity contribution in [3.8, 4) is 6.07 Å². The van der Waals surface area contributed by atoms with Crippen molar-refractivity contribution in [2.45, 2.75) is 12.6 Å². The number of nitriles is 1. The summed E-state index contributed by atoms with van der Waals surface area (Å²) in [5.41, 5.74) is 0.719. The molecule has 0 amide bonds. The molecule has 0 radical (unpaired) electrons. The second-order valence-electron chi connectivity index (χ2n) is 4.35. The van der Waals surface area contributed by atoms with Crippen molar-refractivity contribution in [3.63, 3.8) is 0 Å². The number of carboxylic acids is 1. The van der Waals surface area contributed by atoms with Gasteiger partial charge in [-0.3, -0.25) is 4.90 Å². The van der Waals surface area contributed by atoms with Gasteiger partial charge >= 0.3 is 5.97 Å². The minimum atomic E-state index is -1.01. The lowest BCUT2D eigenvalue weighted by Gasteiger charge is -2.30. The third kappa shape index (κ3) is 3.28. The van der Waals surface area contributed by atoms with Crippen LogP contribution in [0.5, 0.6) is 0 Å². The topological polar surface area (TPSA) is 73.6 Å². The summed E-state index contributed by atoms with van der Waals surface area (Å²) in [6, 6.07) is 6.16. The van der Waals surface area contributed by atoms with Crippen LogP contribution in [0.3, 0.4) is 0 Å². The normalized spacial score (nSPS) is 19.9. The van der Waals surface area contributed by atoms with Crippen molar-refractivity contribution in [1.82, 2.24) is 4.90 Å². The second kappa shape index (κ2) is 5.78. The molecule has 1 atom stereocenters. The first-order valence-electron chi connectivity index (χ1n) is 5.85. The average molecular weight is 264 g/mol. The monoisotopic (exact) mass is 264 g/mol. The molecule has 1 unspecified atom stereocenters. The molecule has 0 aromatic heterocycles. The predicted molar refractivity (Wildman–Crippen MR) is 63.8 cm³/mol. The Kier molecular flexibility index (Phi) is 4.10. The van der Waals surface area contributed by atoms with E-state index in [2.05, 4.69) is 0 Å². The van der Waals surface area contributed by atoms with E-state index in [-0.39, 0.29) is 12.1 Å². The van der Waals surface area contributed by atoms with E-state index >= 15 is 0 Å². The van der Waals surface area contributed by atoms with Crippen molar-refractivity contribution in [2.75, 3.05) is 19.7 Å². The predicted octanol–water partition coefficient (Wildman–Crippen LogP) is 0.983. The van der Waals surface area contributed by atoms with Crippen LogP contribution in [0.25, 0.3) is 0 Å². The summed E-state index contributed by atoms with van der Waals surface area (Å²) in [7, 11) is 0. The van der Waals surface area contributed by atoms with Crippen molar-refractivity contribution < 1.29 is 19.0 Å². The Labute approximate surface area is 109 Å². The summed E-state index contributed by atoms with van der Waals surface area (Å²) < 4.78 is 18.8. The molecule has 5 nitrogen and oxygen atoms in total. The Bertz CT molecular complexity index is 527. The Balaban J connectivity index is 2.05. The first-order chi connectivity index (χ1) is 9.10. The molecule has 0 bridgehead atoms. The third-order valence-electron chi connectivity index (χ3n) is 3.00. The van der Waals surface area contributed by atoms with Gasteiger partial charge in [-0.15, -0.1) is 0 Å². The van der Waals surface area contributed by atoms with E-state index < -0.39 is 17.9 Å². The first-order valence-corrected chi connectivity index (χ1v) is 5.85. The highest BCUT2D eigenvalue weighted by atomic mass is 19.1. The maximum Gasteiger partial charge on any atom is 0.334 e. The van der Waals surface area contributed by atoms with Gasteiger partial charge in [-0.1, -0.05) is 6.07 Å². The fraction of sp³-hybridized carbons (Fsp3) is 0.385. The van der Waals surface area contributed by atoms with Gasteiger partial charge in [0, 0.05) is 25.2 Å². The number of aliphatic carboxylic acids is 1. The molecule has 1 saturated heterocycles. The molecule has 100 valence electrons. The molecule has 1 N–H and O–H groups in total. The highest BCUT2D eigenvalue weighted by molar-refractivity contribution is 5.72. The van der Waals surface area contributed by atoms with Crippen LogP contribution in [0, 0.1) is 17.1 Å². The summed E-state index contributed by atoms with van der Waals surface area (Å²) in [6.45, 7) is 1.41. The maximum absolute atomic E-state index is 13.7. The number of halogens is 1. The zero-order chi connectivity index (χ0) is 13.8. The number of carbonyl (C=O) groups is 1. The van der Waals surface area contributed by atoms with Gasteiger partial charge in [-0.2, -0.15) is 5.26 Å². The SMILES string of the molecule is N#Cc1ccc(CN2CCOC(C(=O)O)C2)c(F)c1. The largest absolute Gasteiger partial charge is 0.479 e. The van der Waals surface area contributed by atoms with Gasteiger partial charge in [0.15, 0.2) is 6.10 Å². The van der Waals surface area contributed by atoms with Crippen LogP contribution in [0.1, 0.15) is 11.1 Å². The standard InChI is InChI=1S/C13H13FN2O3/c14-11-5-9(6-15)1-2-10(11)7-16-3-4-19-12(8-16)13(17)18/h1-2,5,12H,3-4,7-8H2,(H,17,18). The van der Waals surface area contributed by atoms with Crippen LogP contribution in [-0.4, -0.2) is 41.8 Å². The second-order valence-corrected chi connectivity index (χ2v) is 4.35. The minimum Gasteiger partial charge on any atom is -0.479 e. The van der Waals surface area contributed by atoms with Gasteiger partial charge < -0.3 is 9.84 Å². The Hall–Kier alpha value is -1.97. The number of hydrogen-bond donors (Lipinski definition) is 1. The van der Waals surface area contributed by atoms with Crippen LogP contribution in [0.15, 0.2) is 18.2 Å². The highest BCUT2D eigenvalue weighted by Crippen LogP contribution is 2.15. The van der Waals surface area contributed by atoms with Crippen LogP contribution in [-0.2, 0) is 16.1 Å². The van der Waals surface area contributed by atoms with Crippen molar-refractivity contribution in [1.29, 1.82) is 5.26 Å². The van der Waals surface area contributed by atoms with E-state index in [0.717, 1.165) is 0 Å². The Morgan fingerprint density at radius 3 is 3.05 bits per heavy atom. The van der Waals surface area contributed by atoms with Gasteiger partial charge in [-0.25, -0.2) is 9.18 Å². The summed E-state index contributed by atoms with van der Waals surface area (Å²) >= 11 is 0. The van der Waals surface area contributed by atoms with Crippen molar-refractivity contribution >= 4 is 5.97 Å². The lowest BCUT2D eigenvalue weighted by molar-refractivity contribution is -0.156. The number of hydrogen-bond acceptors (Lipinski definition) is 4. The lowest BCUT2D eigenvalue weighted by atomic mass is 10.1. The molecule has 1 fully saturated rings. The third-order valence-corrected chi connectivity index (χ3v) is 3.00. The molecular formula is C13H13FN2O3. The molecular weight excluding hydrogens is 251 g/mol. The van der Waals surface area contributed by atoms with Gasteiger partial charge in [-0.05, 0) is 12.1 Å². The van der Waals surface area contributed by atoms with Crippen LogP contribution < -0.4 is 0 Å². The van der Waals surface area contributed by atoms with E-state index in [9.17, 15) is 9.18 Å². The average Bonchev–Trinajstić information content (AvgIpc) is 2.41. The van der Waals surface area contributed by atoms with E-state index in [0.29, 0.717) is 25.3 Å². The first kappa shape index (κ1) is 13.5. The van der Waals surface area contributed by atoms with Crippen molar-refractivity contribution in [3.05, 3.63) is 35.1 Å². The number of morpholine rings is 1. The number of rotatable bonds is 3. The molecule has 1 aromatic rings. The molecule has 6 heteroatoms. The van der Waals surface area contributed by atoms with E-state index in [1.165, 1.54) is 6.07 Å². The molecule has 0 spiro atoms. The molecule has 0 saturated carbocycles. The van der Waals surface area contributed by atoms with E-state index in [1.54, 1.807) is 12.1 Å². The number of benzene rings is 1. The number of carboxylic acid groups (broad SMARTS) is 1. The van der Waals surface area contributed by atoms with Crippen LogP contribution in [0.2, 0.25) is 0 Å². The minimum absolute atomic E-state index is 0.231. The van der Waals surface area contributed by atoms with Crippen LogP contribution >= 0.6 is 0 Å². The molecule has 1 aromatic carbocycles. The summed E-state index contributed by atoms with van der Waals surface area (Å²) in [6.07, 6.45) is -0.866. The van der Waals surface area contributed by atoms with Gasteiger partial charge in [0.1, 0.15) is 5.82 Å². The maximum atomic E-state index is 13.7. The van der Waals surface area contributed by atoms with Gasteiger partial charge in [0.25, 0.3) is 0 Å².